The summed E-state index contributed by atoms with van der Waals surface area (Å²) >= 11 is 1.28. The summed E-state index contributed by atoms with van der Waals surface area (Å²) in [5, 5.41) is 6.83. The Morgan fingerprint density at radius 2 is 2.00 bits per heavy atom. The van der Waals surface area contributed by atoms with Crippen molar-refractivity contribution in [2.24, 2.45) is 4.99 Å². The van der Waals surface area contributed by atoms with E-state index >= 15 is 0 Å². The van der Waals surface area contributed by atoms with E-state index in [9.17, 15) is 8.42 Å². The summed E-state index contributed by atoms with van der Waals surface area (Å²) < 4.78 is 26.0. The van der Waals surface area contributed by atoms with Gasteiger partial charge in [0.2, 0.25) is 0 Å². The monoisotopic (exact) mass is 415 g/mol. The van der Waals surface area contributed by atoms with Crippen LogP contribution in [0, 0.1) is 0 Å². The Hall–Kier alpha value is -1.16. The summed E-state index contributed by atoms with van der Waals surface area (Å²) in [5.41, 5.74) is 0. The van der Waals surface area contributed by atoms with Crippen LogP contribution in [0.1, 0.15) is 38.0 Å². The molecule has 0 amide bonds. The average molecular weight is 416 g/mol. The number of hydrogen-bond donors (Lipinski definition) is 2. The van der Waals surface area contributed by atoms with Crippen molar-refractivity contribution < 1.29 is 8.42 Å². The molecule has 9 heteroatoms. The average Bonchev–Trinajstić information content (AvgIpc) is 3.11. The number of aliphatic imine (C=N–C) groups is 1. The molecule has 1 saturated heterocycles. The van der Waals surface area contributed by atoms with Crippen molar-refractivity contribution in [3.63, 3.8) is 0 Å². The molecule has 1 aromatic heterocycles. The molecule has 0 bridgehead atoms. The number of nitrogens with zero attached hydrogens (tertiary/aromatic N) is 3. The van der Waals surface area contributed by atoms with Crippen molar-refractivity contribution >= 4 is 27.3 Å². The predicted molar refractivity (Wildman–Crippen MR) is 113 cm³/mol. The lowest BCUT2D eigenvalue weighted by atomic mass is 10.1. The minimum absolute atomic E-state index is 0.360. The van der Waals surface area contributed by atoms with Crippen molar-refractivity contribution in [1.29, 1.82) is 0 Å². The van der Waals surface area contributed by atoms with Crippen LogP contribution >= 0.6 is 11.3 Å². The lowest BCUT2D eigenvalue weighted by molar-refractivity contribution is 0.206. The Balaban J connectivity index is 1.95. The second-order valence-corrected chi connectivity index (χ2v) is 10.5. The molecule has 0 radical (unpaired) electrons. The van der Waals surface area contributed by atoms with E-state index < -0.39 is 10.0 Å². The van der Waals surface area contributed by atoms with Gasteiger partial charge >= 0.3 is 0 Å². The Bertz CT molecular complexity index is 707. The van der Waals surface area contributed by atoms with E-state index in [1.54, 1.807) is 20.2 Å². The normalized spacial score (nSPS) is 17.4. The van der Waals surface area contributed by atoms with Crippen LogP contribution in [-0.4, -0.2) is 69.9 Å². The van der Waals surface area contributed by atoms with Crippen LogP contribution in [-0.2, 0) is 16.6 Å². The molecule has 2 heterocycles. The fraction of sp³-hybridized carbons (Fsp3) is 0.722. The molecule has 2 rings (SSSR count). The SMILES string of the molecule is CCCN1CCC(NC(=NCc2ccc(S(=O)(=O)N(C)C)s2)NCC)CC1. The standard InChI is InChI=1S/C18H33N5O2S2/c1-5-11-23-12-9-15(10-13-23)21-18(19-6-2)20-14-16-7-8-17(26-16)27(24,25)22(3)4/h7-8,15H,5-6,9-14H2,1-4H3,(H2,19,20,21). The maximum Gasteiger partial charge on any atom is 0.252 e. The number of sulfonamides is 1. The van der Waals surface area contributed by atoms with Gasteiger partial charge in [0.25, 0.3) is 10.0 Å². The number of rotatable bonds is 8. The van der Waals surface area contributed by atoms with Crippen LogP contribution < -0.4 is 10.6 Å². The third-order valence-corrected chi connectivity index (χ3v) is 7.93. The third-order valence-electron chi connectivity index (χ3n) is 4.58. The Kier molecular flexibility index (Phi) is 8.53. The van der Waals surface area contributed by atoms with Gasteiger partial charge < -0.3 is 15.5 Å². The number of piperidine rings is 1. The van der Waals surface area contributed by atoms with Crippen LogP contribution in [0.3, 0.4) is 0 Å². The molecule has 1 aliphatic heterocycles. The lowest BCUT2D eigenvalue weighted by Crippen LogP contribution is -2.48. The number of likely N-dealkylation sites (tertiary alicyclic amines) is 1. The van der Waals surface area contributed by atoms with E-state index in [1.807, 2.05) is 13.0 Å². The Morgan fingerprint density at radius 3 is 2.59 bits per heavy atom. The van der Waals surface area contributed by atoms with Crippen LogP contribution in [0.4, 0.5) is 0 Å². The first-order valence-electron chi connectivity index (χ1n) is 9.65. The smallest absolute Gasteiger partial charge is 0.252 e. The zero-order valence-electron chi connectivity index (χ0n) is 16.9. The topological polar surface area (TPSA) is 77.0 Å². The summed E-state index contributed by atoms with van der Waals surface area (Å²) in [7, 11) is -0.275. The van der Waals surface area contributed by atoms with Crippen molar-refractivity contribution in [1.82, 2.24) is 19.8 Å². The predicted octanol–water partition coefficient (Wildman–Crippen LogP) is 1.93. The summed E-state index contributed by atoms with van der Waals surface area (Å²) in [5.74, 6) is 0.803. The van der Waals surface area contributed by atoms with Crippen LogP contribution in [0.25, 0.3) is 0 Å². The first-order valence-corrected chi connectivity index (χ1v) is 11.9. The quantitative estimate of drug-likeness (QED) is 0.501. The Labute approximate surface area is 167 Å². The molecular weight excluding hydrogens is 382 g/mol. The largest absolute Gasteiger partial charge is 0.357 e. The number of guanidine groups is 1. The minimum Gasteiger partial charge on any atom is -0.357 e. The first-order chi connectivity index (χ1) is 12.9. The van der Waals surface area contributed by atoms with Crippen molar-refractivity contribution in [2.45, 2.75) is 49.9 Å². The summed E-state index contributed by atoms with van der Waals surface area (Å²) in [6.45, 7) is 8.97. The maximum atomic E-state index is 12.2. The molecule has 1 aromatic rings. The zero-order valence-corrected chi connectivity index (χ0v) is 18.5. The first kappa shape index (κ1) is 22.1. The molecule has 154 valence electrons. The highest BCUT2D eigenvalue weighted by atomic mass is 32.2. The van der Waals surface area contributed by atoms with Crippen LogP contribution in [0.5, 0.6) is 0 Å². The number of thiophene rings is 1. The number of hydrogen-bond acceptors (Lipinski definition) is 5. The van der Waals surface area contributed by atoms with Gasteiger partial charge in [-0.25, -0.2) is 17.7 Å². The molecule has 7 nitrogen and oxygen atoms in total. The zero-order chi connectivity index (χ0) is 19.9. The molecule has 0 spiro atoms. The fourth-order valence-corrected chi connectivity index (χ4v) is 5.50. The van der Waals surface area contributed by atoms with E-state index in [0.717, 1.165) is 43.3 Å². The molecule has 0 atom stereocenters. The molecule has 27 heavy (non-hydrogen) atoms. The third kappa shape index (κ3) is 6.44. The highest BCUT2D eigenvalue weighted by Gasteiger charge is 2.20. The molecule has 2 N–H and O–H groups in total. The molecular formula is C18H33N5O2S2. The molecule has 0 unspecified atom stereocenters. The molecule has 0 saturated carbocycles. The van der Waals surface area contributed by atoms with Gasteiger partial charge in [-0.05, 0) is 44.9 Å². The lowest BCUT2D eigenvalue weighted by Gasteiger charge is -2.32. The van der Waals surface area contributed by atoms with Crippen molar-refractivity contribution in [3.05, 3.63) is 17.0 Å². The van der Waals surface area contributed by atoms with E-state index in [-0.39, 0.29) is 0 Å². The van der Waals surface area contributed by atoms with E-state index in [1.165, 1.54) is 28.6 Å². The van der Waals surface area contributed by atoms with Crippen molar-refractivity contribution in [2.75, 3.05) is 40.3 Å². The summed E-state index contributed by atoms with van der Waals surface area (Å²) in [6.07, 6.45) is 3.44. The molecule has 0 aliphatic carbocycles. The van der Waals surface area contributed by atoms with Gasteiger partial charge in [0.05, 0.1) is 6.54 Å². The van der Waals surface area contributed by atoms with E-state index in [4.69, 9.17) is 0 Å². The highest BCUT2D eigenvalue weighted by molar-refractivity contribution is 7.91. The number of nitrogens with one attached hydrogen (secondary N) is 2. The van der Waals surface area contributed by atoms with Crippen molar-refractivity contribution in [3.8, 4) is 0 Å². The second-order valence-electron chi connectivity index (χ2n) is 6.96. The Morgan fingerprint density at radius 1 is 1.30 bits per heavy atom. The minimum atomic E-state index is -3.37. The summed E-state index contributed by atoms with van der Waals surface area (Å²) in [6, 6.07) is 3.94. The molecule has 1 fully saturated rings. The van der Waals surface area contributed by atoms with Crippen LogP contribution in [0.15, 0.2) is 21.3 Å². The van der Waals surface area contributed by atoms with Gasteiger partial charge in [-0.3, -0.25) is 0 Å². The second kappa shape index (κ2) is 10.4. The molecule has 0 aromatic carbocycles. The van der Waals surface area contributed by atoms with Crippen LogP contribution in [0.2, 0.25) is 0 Å². The van der Waals surface area contributed by atoms with E-state index in [2.05, 4.69) is 27.4 Å². The maximum absolute atomic E-state index is 12.2. The van der Waals surface area contributed by atoms with Gasteiger partial charge in [0, 0.05) is 44.6 Å². The van der Waals surface area contributed by atoms with E-state index in [0.29, 0.717) is 16.8 Å². The fourth-order valence-electron chi connectivity index (χ4n) is 3.05. The van der Waals surface area contributed by atoms with Gasteiger partial charge in [0.15, 0.2) is 5.96 Å². The van der Waals surface area contributed by atoms with Gasteiger partial charge in [-0.1, -0.05) is 6.92 Å². The van der Waals surface area contributed by atoms with Gasteiger partial charge in [-0.2, -0.15) is 0 Å². The highest BCUT2D eigenvalue weighted by Crippen LogP contribution is 2.24. The van der Waals surface area contributed by atoms with Gasteiger partial charge in [0.1, 0.15) is 4.21 Å². The summed E-state index contributed by atoms with van der Waals surface area (Å²) in [4.78, 5) is 8.11. The van der Waals surface area contributed by atoms with Gasteiger partial charge in [-0.15, -0.1) is 11.3 Å². The molecule has 1 aliphatic rings.